The fourth-order valence-electron chi connectivity index (χ4n) is 5.19. The molecule has 1 aliphatic rings. The van der Waals surface area contributed by atoms with Crippen LogP contribution < -0.4 is 9.64 Å². The van der Waals surface area contributed by atoms with E-state index in [2.05, 4.69) is 0 Å². The summed E-state index contributed by atoms with van der Waals surface area (Å²) in [6.07, 6.45) is -2.61. The molecule has 0 saturated carbocycles. The van der Waals surface area contributed by atoms with Gasteiger partial charge in [0.1, 0.15) is 5.75 Å². The van der Waals surface area contributed by atoms with Gasteiger partial charge in [-0.15, -0.1) is 11.3 Å². The van der Waals surface area contributed by atoms with Crippen molar-refractivity contribution in [3.63, 3.8) is 0 Å². The number of rotatable bonds is 14. The van der Waals surface area contributed by atoms with Gasteiger partial charge >= 0.3 is 6.09 Å². The van der Waals surface area contributed by atoms with E-state index in [9.17, 15) is 23.1 Å². The number of hydrogen-bond acceptors (Lipinski definition) is 8. The third kappa shape index (κ3) is 7.54. The molecule has 9 nitrogen and oxygen atoms in total. The molecular formula is C33H34N2O7S2. The summed E-state index contributed by atoms with van der Waals surface area (Å²) in [5, 5.41) is 13.5. The SMILES string of the molecule is COc1cccc(S(=O)(=O)N(Cc2cccs2)C[C@@H](O)[C@@H](CC(=O)[C@@H]2CN(c3ccccc3)C(=O)O2)Cc2ccccc2)c1. The molecule has 3 atom stereocenters. The van der Waals surface area contributed by atoms with Crippen LogP contribution in [0.15, 0.2) is 107 Å². The Morgan fingerprint density at radius 2 is 1.77 bits per heavy atom. The molecule has 1 N–H and O–H groups in total. The van der Waals surface area contributed by atoms with Crippen LogP contribution in [0.4, 0.5) is 10.5 Å². The topological polar surface area (TPSA) is 113 Å². The molecule has 1 aromatic heterocycles. The second-order valence-corrected chi connectivity index (χ2v) is 13.5. The van der Waals surface area contributed by atoms with Gasteiger partial charge in [-0.3, -0.25) is 9.69 Å². The zero-order valence-corrected chi connectivity index (χ0v) is 25.8. The van der Waals surface area contributed by atoms with Crippen molar-refractivity contribution >= 4 is 38.9 Å². The maximum atomic E-state index is 13.9. The standard InChI is InChI=1S/C33H34N2O7S2/c1-41-27-14-8-16-29(20-27)44(39,40)34(21-28-15-9-17-43-28)22-31(37)25(18-24-10-4-2-5-11-24)19-30(36)32-23-35(33(38)42-32)26-12-6-3-7-13-26/h2-17,20,25,31-32,37H,18-19,21-23H2,1H3/t25-,31-,32+/m1/s1. The predicted octanol–water partition coefficient (Wildman–Crippen LogP) is 5.15. The number of carbonyl (C=O) groups excluding carboxylic acids is 2. The molecule has 4 aromatic rings. The van der Waals surface area contributed by atoms with Crippen molar-refractivity contribution in [2.75, 3.05) is 25.1 Å². The highest BCUT2D eigenvalue weighted by Gasteiger charge is 2.39. The molecule has 5 rings (SSSR count). The Balaban J connectivity index is 1.38. The van der Waals surface area contributed by atoms with Gasteiger partial charge < -0.3 is 14.6 Å². The van der Waals surface area contributed by atoms with E-state index >= 15 is 0 Å². The summed E-state index contributed by atoms with van der Waals surface area (Å²) in [6, 6.07) is 28.2. The second-order valence-electron chi connectivity index (χ2n) is 10.6. The van der Waals surface area contributed by atoms with E-state index in [0.29, 0.717) is 17.9 Å². The monoisotopic (exact) mass is 634 g/mol. The Morgan fingerprint density at radius 3 is 2.45 bits per heavy atom. The molecule has 1 aliphatic heterocycles. The van der Waals surface area contributed by atoms with Gasteiger partial charge in [-0.05, 0) is 53.6 Å². The van der Waals surface area contributed by atoms with Gasteiger partial charge in [0.2, 0.25) is 10.0 Å². The number of methoxy groups -OCH3 is 1. The summed E-state index contributed by atoms with van der Waals surface area (Å²) in [7, 11) is -2.60. The van der Waals surface area contributed by atoms with Crippen molar-refractivity contribution in [1.29, 1.82) is 0 Å². The van der Waals surface area contributed by atoms with Crippen LogP contribution in [0.25, 0.3) is 0 Å². The molecule has 11 heteroatoms. The van der Waals surface area contributed by atoms with E-state index in [1.165, 1.54) is 39.8 Å². The number of nitrogens with zero attached hydrogens (tertiary/aromatic N) is 2. The van der Waals surface area contributed by atoms with Crippen molar-refractivity contribution in [2.45, 2.75) is 36.5 Å². The number of aliphatic hydroxyl groups is 1. The number of anilines is 1. The minimum Gasteiger partial charge on any atom is -0.497 e. The van der Waals surface area contributed by atoms with Crippen LogP contribution in [0.1, 0.15) is 16.9 Å². The normalized spacial score (nSPS) is 16.5. The first kappa shape index (κ1) is 31.4. The lowest BCUT2D eigenvalue weighted by Gasteiger charge is -2.29. The fourth-order valence-corrected chi connectivity index (χ4v) is 7.47. The first-order valence-corrected chi connectivity index (χ1v) is 16.5. The zero-order valence-electron chi connectivity index (χ0n) is 24.2. The number of Topliss-reactive ketones (excluding diaryl/α,β-unsaturated/α-hetero) is 1. The number of ketones is 1. The van der Waals surface area contributed by atoms with Gasteiger partial charge in [0.05, 0.1) is 24.7 Å². The van der Waals surface area contributed by atoms with Crippen molar-refractivity contribution < 1.29 is 32.6 Å². The highest BCUT2D eigenvalue weighted by atomic mass is 32.2. The molecule has 230 valence electrons. The maximum Gasteiger partial charge on any atom is 0.415 e. The summed E-state index contributed by atoms with van der Waals surface area (Å²) in [5.41, 5.74) is 1.51. The van der Waals surface area contributed by atoms with Gasteiger partial charge in [0.25, 0.3) is 0 Å². The number of cyclic esters (lactones) is 1. The van der Waals surface area contributed by atoms with Gasteiger partial charge in [-0.1, -0.05) is 60.7 Å². The number of hydrogen-bond donors (Lipinski definition) is 1. The molecule has 0 spiro atoms. The maximum absolute atomic E-state index is 13.9. The minimum absolute atomic E-state index is 0.0372. The number of benzene rings is 3. The molecule has 44 heavy (non-hydrogen) atoms. The van der Waals surface area contributed by atoms with Crippen LogP contribution in [0.2, 0.25) is 0 Å². The molecule has 0 unspecified atom stereocenters. The summed E-state index contributed by atoms with van der Waals surface area (Å²) >= 11 is 1.41. The lowest BCUT2D eigenvalue weighted by atomic mass is 9.88. The average Bonchev–Trinajstić information content (AvgIpc) is 3.71. The number of carbonyl (C=O) groups is 2. The molecule has 0 radical (unpaired) electrons. The molecule has 1 amide bonds. The quantitative estimate of drug-likeness (QED) is 0.204. The van der Waals surface area contributed by atoms with E-state index in [0.717, 1.165) is 10.4 Å². The lowest BCUT2D eigenvalue weighted by molar-refractivity contribution is -0.127. The van der Waals surface area contributed by atoms with Crippen molar-refractivity contribution in [3.8, 4) is 5.75 Å². The number of sulfonamides is 1. The van der Waals surface area contributed by atoms with E-state index < -0.39 is 34.2 Å². The molecule has 3 aromatic carbocycles. The number of thiophene rings is 1. The predicted molar refractivity (Wildman–Crippen MR) is 168 cm³/mol. The number of para-hydroxylation sites is 1. The van der Waals surface area contributed by atoms with E-state index in [4.69, 9.17) is 9.47 Å². The van der Waals surface area contributed by atoms with Crippen molar-refractivity contribution in [1.82, 2.24) is 4.31 Å². The van der Waals surface area contributed by atoms with Gasteiger partial charge in [-0.2, -0.15) is 4.31 Å². The van der Waals surface area contributed by atoms with Crippen molar-refractivity contribution in [3.05, 3.63) is 113 Å². The first-order chi connectivity index (χ1) is 21.2. The Bertz CT molecular complexity index is 1650. The molecule has 1 fully saturated rings. The Morgan fingerprint density at radius 1 is 1.05 bits per heavy atom. The van der Waals surface area contributed by atoms with Crippen LogP contribution in [0.5, 0.6) is 5.75 Å². The van der Waals surface area contributed by atoms with E-state index in [1.807, 2.05) is 53.9 Å². The Labute approximate surface area is 261 Å². The number of ether oxygens (including phenoxy) is 2. The molecule has 0 bridgehead atoms. The summed E-state index contributed by atoms with van der Waals surface area (Å²) in [4.78, 5) is 28.4. The summed E-state index contributed by atoms with van der Waals surface area (Å²) in [6.45, 7) is -0.139. The second kappa shape index (κ2) is 14.2. The van der Waals surface area contributed by atoms with Crippen LogP contribution in [0, 0.1) is 5.92 Å². The van der Waals surface area contributed by atoms with Gasteiger partial charge in [-0.25, -0.2) is 13.2 Å². The van der Waals surface area contributed by atoms with Crippen LogP contribution in [-0.2, 0) is 32.5 Å². The molecule has 0 aliphatic carbocycles. The third-order valence-electron chi connectivity index (χ3n) is 7.57. The van der Waals surface area contributed by atoms with Gasteiger partial charge in [0.15, 0.2) is 11.9 Å². The van der Waals surface area contributed by atoms with Crippen molar-refractivity contribution in [2.24, 2.45) is 5.92 Å². The number of aliphatic hydroxyl groups excluding tert-OH is 1. The third-order valence-corrected chi connectivity index (χ3v) is 10.2. The fraction of sp³-hybridized carbons (Fsp3) is 0.273. The van der Waals surface area contributed by atoms with E-state index in [1.54, 1.807) is 36.4 Å². The first-order valence-electron chi connectivity index (χ1n) is 14.2. The summed E-state index contributed by atoms with van der Waals surface area (Å²) in [5.74, 6) is -0.594. The Hall–Kier alpha value is -4.03. The largest absolute Gasteiger partial charge is 0.497 e. The van der Waals surface area contributed by atoms with E-state index in [-0.39, 0.29) is 36.7 Å². The average molecular weight is 635 g/mol. The van der Waals surface area contributed by atoms with Crippen LogP contribution >= 0.6 is 11.3 Å². The highest BCUT2D eigenvalue weighted by Crippen LogP contribution is 2.28. The van der Waals surface area contributed by atoms with Gasteiger partial charge in [0, 0.05) is 36.1 Å². The minimum atomic E-state index is -4.06. The molecule has 1 saturated heterocycles. The van der Waals surface area contributed by atoms with Crippen LogP contribution in [0.3, 0.4) is 0 Å². The molecular weight excluding hydrogens is 601 g/mol. The zero-order chi connectivity index (χ0) is 31.1. The highest BCUT2D eigenvalue weighted by molar-refractivity contribution is 7.89. The number of amides is 1. The van der Waals surface area contributed by atoms with Crippen LogP contribution in [-0.4, -0.2) is 62.1 Å². The summed E-state index contributed by atoms with van der Waals surface area (Å²) < 4.78 is 39.8. The smallest absolute Gasteiger partial charge is 0.415 e. The molecule has 2 heterocycles. The Kier molecular flexibility index (Phi) is 10.1. The lowest BCUT2D eigenvalue weighted by Crippen LogP contribution is -2.42.